The van der Waals surface area contributed by atoms with E-state index in [9.17, 15) is 5.11 Å². The fourth-order valence-electron chi connectivity index (χ4n) is 2.21. The molecule has 94 valence electrons. The van der Waals surface area contributed by atoms with Crippen LogP contribution in [0.4, 0.5) is 0 Å². The Labute approximate surface area is 101 Å². The van der Waals surface area contributed by atoms with E-state index in [1.165, 1.54) is 0 Å². The molecule has 1 aromatic rings. The third kappa shape index (κ3) is 2.10. The van der Waals surface area contributed by atoms with E-state index in [0.717, 1.165) is 18.4 Å². The van der Waals surface area contributed by atoms with Gasteiger partial charge in [0.2, 0.25) is 0 Å². The van der Waals surface area contributed by atoms with E-state index >= 15 is 0 Å². The molecule has 1 atom stereocenters. The van der Waals surface area contributed by atoms with Crippen LogP contribution in [0.25, 0.3) is 0 Å². The summed E-state index contributed by atoms with van der Waals surface area (Å²) in [4.78, 5) is 0. The van der Waals surface area contributed by atoms with Crippen LogP contribution >= 0.6 is 0 Å². The summed E-state index contributed by atoms with van der Waals surface area (Å²) in [5.41, 5.74) is 5.47. The van der Waals surface area contributed by atoms with E-state index in [0.29, 0.717) is 11.5 Å². The monoisotopic (exact) mass is 237 g/mol. The number of benzene rings is 1. The summed E-state index contributed by atoms with van der Waals surface area (Å²) in [6.45, 7) is 0.196. The number of aliphatic hydroxyl groups is 1. The van der Waals surface area contributed by atoms with E-state index in [-0.39, 0.29) is 12.5 Å². The molecule has 0 bridgehead atoms. The predicted octanol–water partition coefficient (Wildman–Crippen LogP) is 1.26. The molecule has 1 unspecified atom stereocenters. The Kier molecular flexibility index (Phi) is 3.26. The maximum atomic E-state index is 10.7. The van der Waals surface area contributed by atoms with Gasteiger partial charge in [0.15, 0.2) is 0 Å². The van der Waals surface area contributed by atoms with Gasteiger partial charge in [0.05, 0.1) is 14.2 Å². The molecule has 1 aromatic carbocycles. The second-order valence-corrected chi connectivity index (χ2v) is 4.47. The smallest absolute Gasteiger partial charge is 0.125 e. The van der Waals surface area contributed by atoms with Crippen LogP contribution in [0.5, 0.6) is 11.5 Å². The van der Waals surface area contributed by atoms with Gasteiger partial charge in [0.1, 0.15) is 17.1 Å². The van der Waals surface area contributed by atoms with Gasteiger partial charge in [-0.3, -0.25) is 0 Å². The summed E-state index contributed by atoms with van der Waals surface area (Å²) >= 11 is 0. The average Bonchev–Trinajstić information content (AvgIpc) is 3.21. The fraction of sp³-hybridized carbons (Fsp3) is 0.538. The van der Waals surface area contributed by atoms with Gasteiger partial charge < -0.3 is 20.3 Å². The van der Waals surface area contributed by atoms with E-state index < -0.39 is 5.60 Å². The van der Waals surface area contributed by atoms with Crippen LogP contribution in [0, 0.1) is 5.92 Å². The van der Waals surface area contributed by atoms with Crippen molar-refractivity contribution in [3.8, 4) is 11.5 Å². The summed E-state index contributed by atoms with van der Waals surface area (Å²) in [7, 11) is 3.19. The number of hydrogen-bond acceptors (Lipinski definition) is 4. The lowest BCUT2D eigenvalue weighted by atomic mass is 9.88. The predicted molar refractivity (Wildman–Crippen MR) is 65.2 cm³/mol. The van der Waals surface area contributed by atoms with Crippen molar-refractivity contribution in [1.82, 2.24) is 0 Å². The lowest BCUT2D eigenvalue weighted by molar-refractivity contribution is 0.0198. The van der Waals surface area contributed by atoms with Crippen molar-refractivity contribution in [2.24, 2.45) is 11.7 Å². The Hall–Kier alpha value is -1.26. The molecule has 2 rings (SSSR count). The fourth-order valence-corrected chi connectivity index (χ4v) is 2.21. The summed E-state index contributed by atoms with van der Waals surface area (Å²) < 4.78 is 10.5. The molecule has 0 aromatic heterocycles. The highest BCUT2D eigenvalue weighted by Crippen LogP contribution is 2.48. The van der Waals surface area contributed by atoms with E-state index in [4.69, 9.17) is 15.2 Å². The standard InChI is InChI=1S/C13H19NO3/c1-16-10-5-6-12(17-2)11(7-10)13(15,8-14)9-3-4-9/h5-7,9,15H,3-4,8,14H2,1-2H3. The molecule has 4 nitrogen and oxygen atoms in total. The topological polar surface area (TPSA) is 64.7 Å². The summed E-state index contributed by atoms with van der Waals surface area (Å²) in [6.07, 6.45) is 2.02. The molecular weight excluding hydrogens is 218 g/mol. The van der Waals surface area contributed by atoms with E-state index in [1.807, 2.05) is 12.1 Å². The van der Waals surface area contributed by atoms with Crippen LogP contribution in [0.1, 0.15) is 18.4 Å². The van der Waals surface area contributed by atoms with Gasteiger partial charge in [-0.05, 0) is 37.0 Å². The van der Waals surface area contributed by atoms with Crippen LogP contribution in [-0.4, -0.2) is 25.9 Å². The highest BCUT2D eigenvalue weighted by atomic mass is 16.5. The Morgan fingerprint density at radius 2 is 2.06 bits per heavy atom. The van der Waals surface area contributed by atoms with Crippen LogP contribution in [0.15, 0.2) is 18.2 Å². The number of methoxy groups -OCH3 is 2. The van der Waals surface area contributed by atoms with Crippen LogP contribution in [0.2, 0.25) is 0 Å². The van der Waals surface area contributed by atoms with Gasteiger partial charge in [0.25, 0.3) is 0 Å². The molecular formula is C13H19NO3. The third-order valence-electron chi connectivity index (χ3n) is 3.44. The van der Waals surface area contributed by atoms with Gasteiger partial charge in [-0.1, -0.05) is 0 Å². The maximum Gasteiger partial charge on any atom is 0.125 e. The number of nitrogens with two attached hydrogens (primary N) is 1. The Morgan fingerprint density at radius 3 is 2.53 bits per heavy atom. The second kappa shape index (κ2) is 4.55. The lowest BCUT2D eigenvalue weighted by Gasteiger charge is -2.29. The highest BCUT2D eigenvalue weighted by Gasteiger charge is 2.45. The molecule has 4 heteroatoms. The minimum absolute atomic E-state index is 0.196. The first-order valence-electron chi connectivity index (χ1n) is 5.80. The first-order chi connectivity index (χ1) is 8.15. The first-order valence-corrected chi connectivity index (χ1v) is 5.80. The second-order valence-electron chi connectivity index (χ2n) is 4.47. The molecule has 0 aliphatic heterocycles. The normalized spacial score (nSPS) is 18.6. The van der Waals surface area contributed by atoms with Crippen molar-refractivity contribution >= 4 is 0 Å². The summed E-state index contributed by atoms with van der Waals surface area (Å²) in [6, 6.07) is 5.42. The molecule has 1 aliphatic carbocycles. The van der Waals surface area contributed by atoms with Crippen molar-refractivity contribution in [2.45, 2.75) is 18.4 Å². The zero-order valence-corrected chi connectivity index (χ0v) is 10.3. The molecule has 0 heterocycles. The maximum absolute atomic E-state index is 10.7. The van der Waals surface area contributed by atoms with Crippen molar-refractivity contribution in [3.05, 3.63) is 23.8 Å². The number of ether oxygens (including phenoxy) is 2. The Morgan fingerprint density at radius 1 is 1.35 bits per heavy atom. The summed E-state index contributed by atoms with van der Waals surface area (Å²) in [5.74, 6) is 1.59. The van der Waals surface area contributed by atoms with Gasteiger partial charge >= 0.3 is 0 Å². The molecule has 0 spiro atoms. The molecule has 3 N–H and O–H groups in total. The molecule has 1 fully saturated rings. The lowest BCUT2D eigenvalue weighted by Crippen LogP contribution is -2.37. The zero-order chi connectivity index (χ0) is 12.5. The van der Waals surface area contributed by atoms with Gasteiger partial charge in [-0.25, -0.2) is 0 Å². The molecule has 1 aliphatic rings. The zero-order valence-electron chi connectivity index (χ0n) is 10.3. The highest BCUT2D eigenvalue weighted by molar-refractivity contribution is 5.45. The molecule has 0 amide bonds. The molecule has 0 saturated heterocycles. The Bertz CT molecular complexity index is 404. The largest absolute Gasteiger partial charge is 0.497 e. The van der Waals surface area contributed by atoms with Crippen molar-refractivity contribution in [1.29, 1.82) is 0 Å². The molecule has 0 radical (unpaired) electrons. The van der Waals surface area contributed by atoms with Gasteiger partial charge in [-0.15, -0.1) is 0 Å². The van der Waals surface area contributed by atoms with Gasteiger partial charge in [-0.2, -0.15) is 0 Å². The SMILES string of the molecule is COc1ccc(OC)c(C(O)(CN)C2CC2)c1. The first kappa shape index (κ1) is 12.2. The molecule has 1 saturated carbocycles. The number of hydrogen-bond donors (Lipinski definition) is 2. The minimum Gasteiger partial charge on any atom is -0.497 e. The van der Waals surface area contributed by atoms with Crippen LogP contribution in [0.3, 0.4) is 0 Å². The Balaban J connectivity index is 2.46. The average molecular weight is 237 g/mol. The van der Waals surface area contributed by atoms with Crippen LogP contribution < -0.4 is 15.2 Å². The quantitative estimate of drug-likeness (QED) is 0.809. The van der Waals surface area contributed by atoms with Gasteiger partial charge in [0, 0.05) is 12.1 Å². The van der Waals surface area contributed by atoms with Crippen LogP contribution in [-0.2, 0) is 5.60 Å². The van der Waals surface area contributed by atoms with Crippen molar-refractivity contribution < 1.29 is 14.6 Å². The van der Waals surface area contributed by atoms with E-state index in [2.05, 4.69) is 0 Å². The summed E-state index contributed by atoms with van der Waals surface area (Å²) in [5, 5.41) is 10.7. The van der Waals surface area contributed by atoms with Crippen molar-refractivity contribution in [3.63, 3.8) is 0 Å². The van der Waals surface area contributed by atoms with E-state index in [1.54, 1.807) is 20.3 Å². The third-order valence-corrected chi connectivity index (χ3v) is 3.44. The van der Waals surface area contributed by atoms with Crippen molar-refractivity contribution in [2.75, 3.05) is 20.8 Å². The molecule has 17 heavy (non-hydrogen) atoms. The number of rotatable bonds is 5. The minimum atomic E-state index is -1.00.